The molecule has 0 aromatic heterocycles. The molecule has 0 radical (unpaired) electrons. The Kier molecular flexibility index (Phi) is 4.86. The maximum Gasteiger partial charge on any atom is 0.162 e. The van der Waals surface area contributed by atoms with Crippen LogP contribution in [-0.2, 0) is 14.9 Å². The van der Waals surface area contributed by atoms with Gasteiger partial charge in [-0.3, -0.25) is 0 Å². The average molecular weight is 358 g/mol. The fraction of sp³-hybridized carbons (Fsp3) is 0.280. The number of hydrogen-bond acceptors (Lipinski definition) is 2. The Morgan fingerprint density at radius 2 is 0.963 bits per heavy atom. The number of benzene rings is 3. The summed E-state index contributed by atoms with van der Waals surface area (Å²) in [6.07, 6.45) is 0. The van der Waals surface area contributed by atoms with Crippen molar-refractivity contribution in [3.8, 4) is 0 Å². The van der Waals surface area contributed by atoms with Crippen molar-refractivity contribution in [3.63, 3.8) is 0 Å². The van der Waals surface area contributed by atoms with E-state index < -0.39 is 5.79 Å². The smallest absolute Gasteiger partial charge is 0.162 e. The van der Waals surface area contributed by atoms with Gasteiger partial charge >= 0.3 is 0 Å². The van der Waals surface area contributed by atoms with Crippen LogP contribution in [0, 0.1) is 5.92 Å². The van der Waals surface area contributed by atoms with Crippen molar-refractivity contribution in [2.24, 2.45) is 5.92 Å². The van der Waals surface area contributed by atoms with Crippen molar-refractivity contribution >= 4 is 0 Å². The number of ether oxygens (including phenoxy) is 2. The van der Waals surface area contributed by atoms with E-state index in [-0.39, 0.29) is 11.3 Å². The van der Waals surface area contributed by atoms with Crippen molar-refractivity contribution in [2.45, 2.75) is 25.0 Å². The molecular weight excluding hydrogens is 332 g/mol. The van der Waals surface area contributed by atoms with Gasteiger partial charge in [-0.05, 0) is 30.5 Å². The number of hydrogen-bond donors (Lipinski definition) is 0. The zero-order chi connectivity index (χ0) is 18.7. The van der Waals surface area contributed by atoms with E-state index in [1.54, 1.807) is 0 Å². The van der Waals surface area contributed by atoms with Crippen molar-refractivity contribution in [1.29, 1.82) is 0 Å². The van der Waals surface area contributed by atoms with Crippen LogP contribution >= 0.6 is 0 Å². The molecule has 0 aliphatic carbocycles. The zero-order valence-electron chi connectivity index (χ0n) is 16.0. The normalized spacial score (nSPS) is 17.6. The minimum atomic E-state index is -0.535. The second-order valence-corrected chi connectivity index (χ2v) is 7.62. The van der Waals surface area contributed by atoms with E-state index in [1.165, 1.54) is 16.7 Å². The molecule has 0 atom stereocenters. The molecular formula is C25H26O2. The van der Waals surface area contributed by atoms with E-state index >= 15 is 0 Å². The van der Waals surface area contributed by atoms with Crippen LogP contribution in [0.4, 0.5) is 0 Å². The molecule has 1 heterocycles. The molecule has 3 aromatic rings. The molecule has 1 fully saturated rings. The van der Waals surface area contributed by atoms with Gasteiger partial charge in [-0.25, -0.2) is 0 Å². The SMILES string of the molecule is CC1(C)OCC(C(c2ccccc2)(c2ccccc2)c2ccccc2)CO1. The van der Waals surface area contributed by atoms with Crippen molar-refractivity contribution < 1.29 is 9.47 Å². The monoisotopic (exact) mass is 358 g/mol. The first kappa shape index (κ1) is 18.0. The quantitative estimate of drug-likeness (QED) is 0.580. The summed E-state index contributed by atoms with van der Waals surface area (Å²) in [5.74, 6) is -0.371. The van der Waals surface area contributed by atoms with Gasteiger partial charge in [-0.15, -0.1) is 0 Å². The molecule has 1 saturated heterocycles. The molecule has 0 spiro atoms. The lowest BCUT2D eigenvalue weighted by Crippen LogP contribution is -2.49. The Balaban J connectivity index is 1.95. The third-order valence-electron chi connectivity index (χ3n) is 5.56. The van der Waals surface area contributed by atoms with Gasteiger partial charge in [0.05, 0.1) is 18.6 Å². The van der Waals surface area contributed by atoms with Crippen LogP contribution in [0.25, 0.3) is 0 Å². The summed E-state index contributed by atoms with van der Waals surface area (Å²) >= 11 is 0. The minimum absolute atomic E-state index is 0.165. The highest BCUT2D eigenvalue weighted by atomic mass is 16.7. The van der Waals surface area contributed by atoms with Crippen molar-refractivity contribution in [2.75, 3.05) is 13.2 Å². The van der Waals surface area contributed by atoms with Crippen molar-refractivity contribution in [1.82, 2.24) is 0 Å². The average Bonchev–Trinajstić information content (AvgIpc) is 2.72. The maximum absolute atomic E-state index is 6.13. The maximum atomic E-state index is 6.13. The molecule has 0 unspecified atom stereocenters. The van der Waals surface area contributed by atoms with E-state index in [2.05, 4.69) is 91.0 Å². The topological polar surface area (TPSA) is 18.5 Å². The largest absolute Gasteiger partial charge is 0.350 e. The van der Waals surface area contributed by atoms with Gasteiger partial charge < -0.3 is 9.47 Å². The lowest BCUT2D eigenvalue weighted by molar-refractivity contribution is -0.266. The molecule has 0 N–H and O–H groups in total. The van der Waals surface area contributed by atoms with Gasteiger partial charge in [0, 0.05) is 5.92 Å². The third kappa shape index (κ3) is 3.31. The Morgan fingerprint density at radius 3 is 1.30 bits per heavy atom. The summed E-state index contributed by atoms with van der Waals surface area (Å²) in [5, 5.41) is 0. The first-order valence-corrected chi connectivity index (χ1v) is 9.57. The Morgan fingerprint density at radius 1 is 0.630 bits per heavy atom. The van der Waals surface area contributed by atoms with Crippen LogP contribution < -0.4 is 0 Å². The zero-order valence-corrected chi connectivity index (χ0v) is 16.0. The Labute approximate surface area is 161 Å². The number of rotatable bonds is 4. The summed E-state index contributed by atoms with van der Waals surface area (Å²) < 4.78 is 12.3. The lowest BCUT2D eigenvalue weighted by atomic mass is 9.62. The van der Waals surface area contributed by atoms with Crippen molar-refractivity contribution in [3.05, 3.63) is 108 Å². The molecule has 2 nitrogen and oxygen atoms in total. The molecule has 0 saturated carbocycles. The Hall–Kier alpha value is -2.42. The van der Waals surface area contributed by atoms with Crippen LogP contribution in [0.1, 0.15) is 30.5 Å². The molecule has 2 heteroatoms. The second-order valence-electron chi connectivity index (χ2n) is 7.62. The van der Waals surface area contributed by atoms with E-state index in [1.807, 2.05) is 13.8 Å². The van der Waals surface area contributed by atoms with E-state index in [4.69, 9.17) is 9.47 Å². The summed E-state index contributed by atoms with van der Waals surface area (Å²) in [7, 11) is 0. The fourth-order valence-electron chi connectivity index (χ4n) is 4.25. The molecule has 1 aliphatic heterocycles. The highest BCUT2D eigenvalue weighted by Crippen LogP contribution is 2.47. The standard InChI is InChI=1S/C25H26O2/c1-24(2)26-18-23(19-27-24)25(20-12-6-3-7-13-20,21-14-8-4-9-15-21)22-16-10-5-11-17-22/h3-17,23H,18-19H2,1-2H3. The van der Waals surface area contributed by atoms with Crippen LogP contribution in [-0.4, -0.2) is 19.0 Å². The predicted molar refractivity (Wildman–Crippen MR) is 109 cm³/mol. The summed E-state index contributed by atoms with van der Waals surface area (Å²) in [4.78, 5) is 0. The predicted octanol–water partition coefficient (Wildman–Crippen LogP) is 5.42. The molecule has 0 amide bonds. The van der Waals surface area contributed by atoms with Gasteiger partial charge in [-0.2, -0.15) is 0 Å². The van der Waals surface area contributed by atoms with Gasteiger partial charge in [0.15, 0.2) is 5.79 Å². The lowest BCUT2D eigenvalue weighted by Gasteiger charge is -2.47. The van der Waals surface area contributed by atoms with Crippen LogP contribution in [0.15, 0.2) is 91.0 Å². The van der Waals surface area contributed by atoms with Gasteiger partial charge in [0.1, 0.15) is 0 Å². The first-order valence-electron chi connectivity index (χ1n) is 9.57. The second kappa shape index (κ2) is 7.30. The highest BCUT2D eigenvalue weighted by molar-refractivity contribution is 5.51. The Bertz CT molecular complexity index is 750. The molecule has 0 bridgehead atoms. The molecule has 4 rings (SSSR count). The van der Waals surface area contributed by atoms with Gasteiger partial charge in [0.2, 0.25) is 0 Å². The van der Waals surface area contributed by atoms with Crippen LogP contribution in [0.5, 0.6) is 0 Å². The molecule has 27 heavy (non-hydrogen) atoms. The van der Waals surface area contributed by atoms with E-state index in [9.17, 15) is 0 Å². The summed E-state index contributed by atoms with van der Waals surface area (Å²) in [5.41, 5.74) is 3.46. The third-order valence-corrected chi connectivity index (χ3v) is 5.56. The molecule has 1 aliphatic rings. The summed E-state index contributed by atoms with van der Waals surface area (Å²) in [6, 6.07) is 32.2. The van der Waals surface area contributed by atoms with Gasteiger partial charge in [0.25, 0.3) is 0 Å². The van der Waals surface area contributed by atoms with Crippen LogP contribution in [0.3, 0.4) is 0 Å². The fourth-order valence-corrected chi connectivity index (χ4v) is 4.25. The highest BCUT2D eigenvalue weighted by Gasteiger charge is 2.46. The molecule has 3 aromatic carbocycles. The van der Waals surface area contributed by atoms with E-state index in [0.29, 0.717) is 13.2 Å². The summed E-state index contributed by atoms with van der Waals surface area (Å²) in [6.45, 7) is 5.26. The first-order chi connectivity index (χ1) is 13.1. The minimum Gasteiger partial charge on any atom is -0.350 e. The van der Waals surface area contributed by atoms with Gasteiger partial charge in [-0.1, -0.05) is 91.0 Å². The van der Waals surface area contributed by atoms with E-state index in [0.717, 1.165) is 0 Å². The molecule has 138 valence electrons. The van der Waals surface area contributed by atoms with Crippen LogP contribution in [0.2, 0.25) is 0 Å².